The van der Waals surface area contributed by atoms with E-state index in [1.54, 1.807) is 12.1 Å². The zero-order valence-electron chi connectivity index (χ0n) is 9.89. The Morgan fingerprint density at radius 2 is 1.88 bits per heavy atom. The van der Waals surface area contributed by atoms with E-state index in [9.17, 15) is 8.42 Å². The van der Waals surface area contributed by atoms with E-state index >= 15 is 0 Å². The predicted octanol–water partition coefficient (Wildman–Crippen LogP) is 0.873. The fourth-order valence-electron chi connectivity index (χ4n) is 1.57. The van der Waals surface area contributed by atoms with E-state index in [1.807, 2.05) is 0 Å². The van der Waals surface area contributed by atoms with Crippen molar-refractivity contribution in [2.45, 2.75) is 30.7 Å². The number of hydrogen-bond acceptors (Lipinski definition) is 4. The lowest BCUT2D eigenvalue weighted by Gasteiger charge is -2.17. The molecule has 0 aromatic heterocycles. The van der Waals surface area contributed by atoms with Crippen molar-refractivity contribution in [1.82, 2.24) is 0 Å². The molecule has 1 aromatic carbocycles. The first-order chi connectivity index (χ1) is 7.97. The summed E-state index contributed by atoms with van der Waals surface area (Å²) in [6.45, 7) is 2.64. The van der Waals surface area contributed by atoms with Gasteiger partial charge in [0.1, 0.15) is 0 Å². The van der Waals surface area contributed by atoms with E-state index in [0.29, 0.717) is 6.54 Å². The van der Waals surface area contributed by atoms with Gasteiger partial charge in [0.05, 0.1) is 4.90 Å². The van der Waals surface area contributed by atoms with Crippen LogP contribution in [-0.4, -0.2) is 21.0 Å². The summed E-state index contributed by atoms with van der Waals surface area (Å²) in [4.78, 5) is 0.114. The van der Waals surface area contributed by atoms with E-state index < -0.39 is 10.0 Å². The van der Waals surface area contributed by atoms with Crippen molar-refractivity contribution in [3.63, 3.8) is 0 Å². The summed E-state index contributed by atoms with van der Waals surface area (Å²) in [5.74, 6) is 0. The van der Waals surface area contributed by atoms with Gasteiger partial charge in [0, 0.05) is 18.3 Å². The summed E-state index contributed by atoms with van der Waals surface area (Å²) in [5, 5.41) is 8.26. The van der Waals surface area contributed by atoms with E-state index in [-0.39, 0.29) is 10.9 Å². The molecule has 1 atom stereocenters. The van der Waals surface area contributed by atoms with Crippen LogP contribution in [0.2, 0.25) is 0 Å². The van der Waals surface area contributed by atoms with Gasteiger partial charge in [-0.15, -0.1) is 0 Å². The summed E-state index contributed by atoms with van der Waals surface area (Å²) in [5.41, 5.74) is 6.48. The molecule has 6 heteroatoms. The third-order valence-corrected chi connectivity index (χ3v) is 3.40. The topological polar surface area (TPSA) is 98.2 Å². The number of sulfonamides is 1. The van der Waals surface area contributed by atoms with E-state index in [1.165, 1.54) is 12.1 Å². The fraction of sp³-hybridized carbons (Fsp3) is 0.455. The molecular weight excluding hydrogens is 238 g/mol. The Kier molecular flexibility index (Phi) is 4.92. The fourth-order valence-corrected chi connectivity index (χ4v) is 2.09. The quantitative estimate of drug-likeness (QED) is 0.704. The molecule has 0 aliphatic heterocycles. The number of nitrogens with one attached hydrogen (secondary N) is 1. The SMILES string of the molecule is CCCC(CN)Nc1ccc(S(N)(=O)=O)cc1. The molecule has 0 fully saturated rings. The molecule has 1 unspecified atom stereocenters. The van der Waals surface area contributed by atoms with Gasteiger partial charge in [0.2, 0.25) is 10.0 Å². The maximum atomic E-state index is 11.1. The van der Waals surface area contributed by atoms with Crippen LogP contribution in [0, 0.1) is 0 Å². The Morgan fingerprint density at radius 1 is 1.29 bits per heavy atom. The molecule has 0 heterocycles. The summed E-state index contributed by atoms with van der Waals surface area (Å²) < 4.78 is 22.1. The first kappa shape index (κ1) is 14.0. The lowest BCUT2D eigenvalue weighted by molar-refractivity contribution is 0.598. The lowest BCUT2D eigenvalue weighted by atomic mass is 10.1. The Morgan fingerprint density at radius 3 is 2.29 bits per heavy atom. The van der Waals surface area contributed by atoms with Gasteiger partial charge in [-0.2, -0.15) is 0 Å². The molecule has 0 saturated heterocycles. The smallest absolute Gasteiger partial charge is 0.238 e. The van der Waals surface area contributed by atoms with Crippen molar-refractivity contribution >= 4 is 15.7 Å². The third-order valence-electron chi connectivity index (χ3n) is 2.48. The zero-order chi connectivity index (χ0) is 12.9. The average Bonchev–Trinajstić information content (AvgIpc) is 2.28. The zero-order valence-corrected chi connectivity index (χ0v) is 10.7. The monoisotopic (exact) mass is 257 g/mol. The molecule has 17 heavy (non-hydrogen) atoms. The van der Waals surface area contributed by atoms with Gasteiger partial charge in [-0.05, 0) is 30.7 Å². The molecule has 5 N–H and O–H groups in total. The molecule has 0 radical (unpaired) electrons. The van der Waals surface area contributed by atoms with Crippen LogP contribution in [0.25, 0.3) is 0 Å². The first-order valence-corrected chi connectivity index (χ1v) is 7.11. The summed E-state index contributed by atoms with van der Waals surface area (Å²) >= 11 is 0. The van der Waals surface area contributed by atoms with Gasteiger partial charge >= 0.3 is 0 Å². The van der Waals surface area contributed by atoms with Gasteiger partial charge in [0.15, 0.2) is 0 Å². The largest absolute Gasteiger partial charge is 0.381 e. The molecule has 0 amide bonds. The van der Waals surface area contributed by atoms with Crippen molar-refractivity contribution < 1.29 is 8.42 Å². The maximum Gasteiger partial charge on any atom is 0.238 e. The number of rotatable bonds is 6. The molecular formula is C11H19N3O2S. The number of anilines is 1. The van der Waals surface area contributed by atoms with Crippen molar-refractivity contribution in [1.29, 1.82) is 0 Å². The highest BCUT2D eigenvalue weighted by Crippen LogP contribution is 2.14. The first-order valence-electron chi connectivity index (χ1n) is 5.57. The molecule has 0 spiro atoms. The third kappa shape index (κ3) is 4.33. The van der Waals surface area contributed by atoms with Crippen LogP contribution in [0.5, 0.6) is 0 Å². The summed E-state index contributed by atoms with van der Waals surface area (Å²) in [6, 6.07) is 6.56. The Labute approximate surface area is 102 Å². The number of hydrogen-bond donors (Lipinski definition) is 3. The van der Waals surface area contributed by atoms with E-state index in [2.05, 4.69) is 12.2 Å². The van der Waals surface area contributed by atoms with Crippen LogP contribution in [0.3, 0.4) is 0 Å². The second-order valence-electron chi connectivity index (χ2n) is 3.94. The predicted molar refractivity (Wildman–Crippen MR) is 69.2 cm³/mol. The Balaban J connectivity index is 2.74. The summed E-state index contributed by atoms with van der Waals surface area (Å²) in [6.07, 6.45) is 2.03. The molecule has 1 aromatic rings. The molecule has 0 bridgehead atoms. The van der Waals surface area contributed by atoms with Crippen molar-refractivity contribution in [2.24, 2.45) is 10.9 Å². The van der Waals surface area contributed by atoms with Crippen LogP contribution >= 0.6 is 0 Å². The number of nitrogens with two attached hydrogens (primary N) is 2. The van der Waals surface area contributed by atoms with Gasteiger partial charge in [-0.3, -0.25) is 0 Å². The number of primary sulfonamides is 1. The van der Waals surface area contributed by atoms with Gasteiger partial charge in [0.25, 0.3) is 0 Å². The van der Waals surface area contributed by atoms with Crippen molar-refractivity contribution in [2.75, 3.05) is 11.9 Å². The normalized spacial score (nSPS) is 13.4. The highest BCUT2D eigenvalue weighted by molar-refractivity contribution is 7.89. The second kappa shape index (κ2) is 6.00. The average molecular weight is 257 g/mol. The van der Waals surface area contributed by atoms with E-state index in [4.69, 9.17) is 10.9 Å². The van der Waals surface area contributed by atoms with Gasteiger partial charge in [-0.1, -0.05) is 13.3 Å². The highest BCUT2D eigenvalue weighted by Gasteiger charge is 2.08. The van der Waals surface area contributed by atoms with Crippen LogP contribution in [0.4, 0.5) is 5.69 Å². The second-order valence-corrected chi connectivity index (χ2v) is 5.50. The molecule has 5 nitrogen and oxygen atoms in total. The minimum atomic E-state index is -3.62. The van der Waals surface area contributed by atoms with E-state index in [0.717, 1.165) is 18.5 Å². The van der Waals surface area contributed by atoms with Crippen molar-refractivity contribution in [3.05, 3.63) is 24.3 Å². The van der Waals surface area contributed by atoms with Crippen LogP contribution < -0.4 is 16.2 Å². The summed E-state index contributed by atoms with van der Waals surface area (Å²) in [7, 11) is -3.62. The van der Waals surface area contributed by atoms with Crippen LogP contribution in [0.1, 0.15) is 19.8 Å². The number of benzene rings is 1. The molecule has 0 saturated carbocycles. The molecule has 1 rings (SSSR count). The van der Waals surface area contributed by atoms with Gasteiger partial charge in [-0.25, -0.2) is 13.6 Å². The molecule has 0 aliphatic rings. The minimum Gasteiger partial charge on any atom is -0.381 e. The minimum absolute atomic E-state index is 0.114. The molecule has 0 aliphatic carbocycles. The standard InChI is InChI=1S/C11H19N3O2S/c1-2-3-10(8-12)14-9-4-6-11(7-5-9)17(13,15)16/h4-7,10,14H,2-3,8,12H2,1H3,(H2,13,15,16). The highest BCUT2D eigenvalue weighted by atomic mass is 32.2. The Hall–Kier alpha value is -1.11. The maximum absolute atomic E-state index is 11.1. The van der Waals surface area contributed by atoms with Crippen LogP contribution in [-0.2, 0) is 10.0 Å². The van der Waals surface area contributed by atoms with Crippen molar-refractivity contribution in [3.8, 4) is 0 Å². The Bertz CT molecular complexity index is 442. The van der Waals surface area contributed by atoms with Crippen LogP contribution in [0.15, 0.2) is 29.2 Å². The molecule has 96 valence electrons. The van der Waals surface area contributed by atoms with Gasteiger partial charge < -0.3 is 11.1 Å². The lowest BCUT2D eigenvalue weighted by Crippen LogP contribution is -2.28.